The molecule has 1 aliphatic heterocycles. The molecular formula is C19H26N6O2. The Morgan fingerprint density at radius 2 is 2.19 bits per heavy atom. The van der Waals surface area contributed by atoms with Gasteiger partial charge in [0.15, 0.2) is 0 Å². The zero-order chi connectivity index (χ0) is 19.4. The number of nitrogens with zero attached hydrogens (tertiary/aromatic N) is 4. The minimum atomic E-state index is -0.380. The average molecular weight is 370 g/mol. The number of nitro groups is 1. The Bertz CT molecular complexity index is 826. The average Bonchev–Trinajstić information content (AvgIpc) is 2.63. The molecule has 1 aromatic heterocycles. The Labute approximate surface area is 159 Å². The molecule has 1 saturated heterocycles. The maximum atomic E-state index is 11.2. The standard InChI is InChI=1S/C19H26N6O2/c1-3-5-15-11-18(24-9-4-6-14(20)12-24)23-19(21-15)22-16-8-7-13(2)17(10-16)25(26)27/h7-8,10-11,14H,3-6,9,12,20H2,1-2H3,(H,21,22,23). The molecule has 3 rings (SSSR count). The summed E-state index contributed by atoms with van der Waals surface area (Å²) in [6.07, 6.45) is 3.90. The number of nitrogens with one attached hydrogen (secondary N) is 1. The summed E-state index contributed by atoms with van der Waals surface area (Å²) in [4.78, 5) is 22.2. The van der Waals surface area contributed by atoms with E-state index in [-0.39, 0.29) is 16.7 Å². The number of piperidine rings is 1. The summed E-state index contributed by atoms with van der Waals surface area (Å²) in [7, 11) is 0. The van der Waals surface area contributed by atoms with Crippen molar-refractivity contribution in [1.29, 1.82) is 0 Å². The molecule has 0 saturated carbocycles. The summed E-state index contributed by atoms with van der Waals surface area (Å²) in [6, 6.07) is 7.21. The summed E-state index contributed by atoms with van der Waals surface area (Å²) < 4.78 is 0. The number of anilines is 3. The second kappa shape index (κ2) is 8.30. The Hall–Kier alpha value is -2.74. The van der Waals surface area contributed by atoms with Crippen molar-refractivity contribution in [2.45, 2.75) is 45.6 Å². The molecule has 0 radical (unpaired) electrons. The van der Waals surface area contributed by atoms with Gasteiger partial charge < -0.3 is 16.0 Å². The fourth-order valence-electron chi connectivity index (χ4n) is 3.32. The Morgan fingerprint density at radius 1 is 1.37 bits per heavy atom. The molecule has 8 heteroatoms. The predicted octanol–water partition coefficient (Wildman–Crippen LogP) is 3.32. The van der Waals surface area contributed by atoms with Crippen molar-refractivity contribution >= 4 is 23.1 Å². The highest BCUT2D eigenvalue weighted by Gasteiger charge is 2.19. The summed E-state index contributed by atoms with van der Waals surface area (Å²) in [5.74, 6) is 1.31. The van der Waals surface area contributed by atoms with Crippen molar-refractivity contribution in [1.82, 2.24) is 9.97 Å². The van der Waals surface area contributed by atoms with Crippen LogP contribution in [0.3, 0.4) is 0 Å². The molecule has 27 heavy (non-hydrogen) atoms. The van der Waals surface area contributed by atoms with Gasteiger partial charge in [-0.2, -0.15) is 4.98 Å². The van der Waals surface area contributed by atoms with Gasteiger partial charge in [-0.3, -0.25) is 10.1 Å². The quantitative estimate of drug-likeness (QED) is 0.593. The number of hydrogen-bond donors (Lipinski definition) is 2. The largest absolute Gasteiger partial charge is 0.355 e. The summed E-state index contributed by atoms with van der Waals surface area (Å²) in [5, 5.41) is 14.3. The van der Waals surface area contributed by atoms with Crippen LogP contribution in [0.2, 0.25) is 0 Å². The molecule has 144 valence electrons. The van der Waals surface area contributed by atoms with E-state index in [1.165, 1.54) is 6.07 Å². The molecule has 0 aliphatic carbocycles. The van der Waals surface area contributed by atoms with E-state index in [2.05, 4.69) is 27.1 Å². The van der Waals surface area contributed by atoms with E-state index < -0.39 is 0 Å². The van der Waals surface area contributed by atoms with E-state index in [0.29, 0.717) is 17.2 Å². The van der Waals surface area contributed by atoms with Crippen LogP contribution in [0, 0.1) is 17.0 Å². The van der Waals surface area contributed by atoms with Crippen molar-refractivity contribution in [2.24, 2.45) is 5.73 Å². The first-order valence-electron chi connectivity index (χ1n) is 9.37. The SMILES string of the molecule is CCCc1cc(N2CCCC(N)C2)nc(Nc2ccc(C)c([N+](=O)[O-])c2)n1. The van der Waals surface area contributed by atoms with E-state index in [0.717, 1.165) is 50.3 Å². The molecule has 1 aliphatic rings. The van der Waals surface area contributed by atoms with Crippen LogP contribution >= 0.6 is 0 Å². The van der Waals surface area contributed by atoms with Crippen LogP contribution in [0.15, 0.2) is 24.3 Å². The van der Waals surface area contributed by atoms with Crippen molar-refractivity contribution in [3.63, 3.8) is 0 Å². The lowest BCUT2D eigenvalue weighted by atomic mass is 10.1. The Morgan fingerprint density at radius 3 is 2.89 bits per heavy atom. The van der Waals surface area contributed by atoms with E-state index in [9.17, 15) is 10.1 Å². The van der Waals surface area contributed by atoms with Crippen molar-refractivity contribution < 1.29 is 4.92 Å². The van der Waals surface area contributed by atoms with Gasteiger partial charge in [0.1, 0.15) is 5.82 Å². The fraction of sp³-hybridized carbons (Fsp3) is 0.474. The molecule has 2 aromatic rings. The maximum Gasteiger partial charge on any atom is 0.274 e. The van der Waals surface area contributed by atoms with Gasteiger partial charge in [-0.1, -0.05) is 19.4 Å². The number of nitro benzene ring substituents is 1. The number of nitrogens with two attached hydrogens (primary N) is 1. The molecule has 3 N–H and O–H groups in total. The van der Waals surface area contributed by atoms with Crippen LogP contribution in [0.1, 0.15) is 37.4 Å². The smallest absolute Gasteiger partial charge is 0.274 e. The second-order valence-corrected chi connectivity index (χ2v) is 7.02. The fourth-order valence-corrected chi connectivity index (χ4v) is 3.32. The van der Waals surface area contributed by atoms with Crippen LogP contribution in [-0.4, -0.2) is 34.0 Å². The van der Waals surface area contributed by atoms with Gasteiger partial charge in [-0.05, 0) is 32.3 Å². The van der Waals surface area contributed by atoms with E-state index >= 15 is 0 Å². The number of rotatable bonds is 6. The van der Waals surface area contributed by atoms with Gasteiger partial charge in [-0.25, -0.2) is 4.98 Å². The molecular weight excluding hydrogens is 344 g/mol. The third kappa shape index (κ3) is 4.71. The van der Waals surface area contributed by atoms with Crippen LogP contribution < -0.4 is 16.0 Å². The third-order valence-corrected chi connectivity index (χ3v) is 4.72. The molecule has 1 aromatic carbocycles. The van der Waals surface area contributed by atoms with Crippen LogP contribution in [0.25, 0.3) is 0 Å². The minimum Gasteiger partial charge on any atom is -0.355 e. The first kappa shape index (κ1) is 19.0. The van der Waals surface area contributed by atoms with Crippen LogP contribution in [0.5, 0.6) is 0 Å². The highest BCUT2D eigenvalue weighted by atomic mass is 16.6. The number of hydrogen-bond acceptors (Lipinski definition) is 7. The Balaban J connectivity index is 1.90. The van der Waals surface area contributed by atoms with Crippen molar-refractivity contribution in [3.05, 3.63) is 45.6 Å². The summed E-state index contributed by atoms with van der Waals surface area (Å²) in [6.45, 7) is 5.52. The van der Waals surface area contributed by atoms with Gasteiger partial charge >= 0.3 is 0 Å². The van der Waals surface area contributed by atoms with Gasteiger partial charge in [-0.15, -0.1) is 0 Å². The zero-order valence-corrected chi connectivity index (χ0v) is 15.8. The van der Waals surface area contributed by atoms with Crippen molar-refractivity contribution in [2.75, 3.05) is 23.3 Å². The molecule has 1 atom stereocenters. The Kier molecular flexibility index (Phi) is 5.85. The van der Waals surface area contributed by atoms with Gasteiger partial charge in [0.25, 0.3) is 5.69 Å². The zero-order valence-electron chi connectivity index (χ0n) is 15.8. The normalized spacial score (nSPS) is 17.0. The van der Waals surface area contributed by atoms with Crippen LogP contribution in [-0.2, 0) is 6.42 Å². The first-order chi connectivity index (χ1) is 13.0. The third-order valence-electron chi connectivity index (χ3n) is 4.72. The molecule has 0 spiro atoms. The number of aromatic nitrogens is 2. The first-order valence-corrected chi connectivity index (χ1v) is 9.37. The molecule has 2 heterocycles. The second-order valence-electron chi connectivity index (χ2n) is 7.02. The number of aryl methyl sites for hydroxylation is 2. The number of benzene rings is 1. The van der Waals surface area contributed by atoms with E-state index in [1.807, 2.05) is 6.07 Å². The molecule has 1 fully saturated rings. The maximum absolute atomic E-state index is 11.2. The van der Waals surface area contributed by atoms with Gasteiger partial charge in [0, 0.05) is 48.2 Å². The molecule has 0 bridgehead atoms. The topological polar surface area (TPSA) is 110 Å². The lowest BCUT2D eigenvalue weighted by molar-refractivity contribution is -0.385. The van der Waals surface area contributed by atoms with Crippen LogP contribution in [0.4, 0.5) is 23.1 Å². The lowest BCUT2D eigenvalue weighted by Gasteiger charge is -2.32. The minimum absolute atomic E-state index is 0.0759. The highest BCUT2D eigenvalue weighted by molar-refractivity contribution is 5.61. The molecule has 0 amide bonds. The summed E-state index contributed by atoms with van der Waals surface area (Å²) >= 11 is 0. The molecule has 8 nitrogen and oxygen atoms in total. The van der Waals surface area contributed by atoms with Gasteiger partial charge in [0.05, 0.1) is 4.92 Å². The summed E-state index contributed by atoms with van der Waals surface area (Å²) in [5.41, 5.74) is 8.36. The van der Waals surface area contributed by atoms with Crippen molar-refractivity contribution in [3.8, 4) is 0 Å². The van der Waals surface area contributed by atoms with E-state index in [4.69, 9.17) is 5.73 Å². The molecule has 1 unspecified atom stereocenters. The monoisotopic (exact) mass is 370 g/mol. The highest BCUT2D eigenvalue weighted by Crippen LogP contribution is 2.26. The van der Waals surface area contributed by atoms with E-state index in [1.54, 1.807) is 19.1 Å². The van der Waals surface area contributed by atoms with Gasteiger partial charge in [0.2, 0.25) is 5.95 Å². The lowest BCUT2D eigenvalue weighted by Crippen LogP contribution is -2.43. The predicted molar refractivity (Wildman–Crippen MR) is 107 cm³/mol.